The Bertz CT molecular complexity index is 585. The largest absolute Gasteiger partial charge is 0.356 e. The van der Waals surface area contributed by atoms with Crippen molar-refractivity contribution < 1.29 is 0 Å². The predicted molar refractivity (Wildman–Crippen MR) is 90.0 cm³/mol. The first-order valence-corrected chi connectivity index (χ1v) is 8.17. The maximum Gasteiger partial charge on any atom is 0.132 e. The zero-order chi connectivity index (χ0) is 15.2. The van der Waals surface area contributed by atoms with Crippen LogP contribution in [0.5, 0.6) is 0 Å². The van der Waals surface area contributed by atoms with Crippen LogP contribution in [-0.2, 0) is 6.42 Å². The Labute approximate surface area is 132 Å². The van der Waals surface area contributed by atoms with Gasteiger partial charge in [-0.2, -0.15) is 0 Å². The molecule has 2 heterocycles. The Morgan fingerprint density at radius 2 is 1.95 bits per heavy atom. The summed E-state index contributed by atoms with van der Waals surface area (Å²) in [5.74, 6) is 1.71. The van der Waals surface area contributed by atoms with Gasteiger partial charge in [0.25, 0.3) is 0 Å². The molecule has 1 aliphatic rings. The molecular formula is C18H24N4. The molecule has 4 nitrogen and oxygen atoms in total. The molecule has 0 saturated carbocycles. The van der Waals surface area contributed by atoms with E-state index in [1.807, 2.05) is 0 Å². The summed E-state index contributed by atoms with van der Waals surface area (Å²) < 4.78 is 0. The third kappa shape index (κ3) is 3.63. The number of aromatic nitrogens is 2. The minimum atomic E-state index is 0.631. The van der Waals surface area contributed by atoms with Crippen molar-refractivity contribution in [3.63, 3.8) is 0 Å². The molecule has 1 unspecified atom stereocenters. The van der Waals surface area contributed by atoms with Crippen molar-refractivity contribution in [2.45, 2.75) is 31.6 Å². The van der Waals surface area contributed by atoms with Gasteiger partial charge in [-0.05, 0) is 37.3 Å². The van der Waals surface area contributed by atoms with Crippen LogP contribution in [0.2, 0.25) is 0 Å². The van der Waals surface area contributed by atoms with Crippen LogP contribution in [0.3, 0.4) is 0 Å². The van der Waals surface area contributed by atoms with Gasteiger partial charge in [-0.25, -0.2) is 9.97 Å². The van der Waals surface area contributed by atoms with E-state index in [0.29, 0.717) is 12.5 Å². The van der Waals surface area contributed by atoms with Gasteiger partial charge in [-0.3, -0.25) is 0 Å². The van der Waals surface area contributed by atoms with E-state index in [9.17, 15) is 0 Å². The van der Waals surface area contributed by atoms with E-state index in [2.05, 4.69) is 51.3 Å². The van der Waals surface area contributed by atoms with Crippen molar-refractivity contribution in [2.75, 3.05) is 24.5 Å². The van der Waals surface area contributed by atoms with Crippen LogP contribution in [0.1, 0.15) is 36.4 Å². The standard InChI is InChI=1S/C18H24N4/c19-10-8-17-13-18(21-14-20-17)22-11-4-7-16(9-12-22)15-5-2-1-3-6-15/h1-3,5-6,13-14,16H,4,7-12,19H2. The third-order valence-corrected chi connectivity index (χ3v) is 4.43. The topological polar surface area (TPSA) is 55.0 Å². The molecule has 1 aromatic heterocycles. The van der Waals surface area contributed by atoms with Crippen molar-refractivity contribution in [3.8, 4) is 0 Å². The Kier molecular flexibility index (Phi) is 5.01. The number of hydrogen-bond donors (Lipinski definition) is 1. The van der Waals surface area contributed by atoms with E-state index in [4.69, 9.17) is 5.73 Å². The van der Waals surface area contributed by atoms with E-state index < -0.39 is 0 Å². The fraction of sp³-hybridized carbons (Fsp3) is 0.444. The lowest BCUT2D eigenvalue weighted by molar-refractivity contribution is 0.612. The Hall–Kier alpha value is -1.94. The van der Waals surface area contributed by atoms with E-state index in [0.717, 1.165) is 31.0 Å². The number of hydrogen-bond acceptors (Lipinski definition) is 4. The highest BCUT2D eigenvalue weighted by Gasteiger charge is 2.19. The van der Waals surface area contributed by atoms with Gasteiger partial charge in [0, 0.05) is 31.3 Å². The highest BCUT2D eigenvalue weighted by molar-refractivity contribution is 5.39. The molecule has 116 valence electrons. The number of benzene rings is 1. The second kappa shape index (κ2) is 7.36. The molecule has 1 aromatic carbocycles. The molecule has 3 rings (SSSR count). The smallest absolute Gasteiger partial charge is 0.132 e. The molecule has 1 fully saturated rings. The quantitative estimate of drug-likeness (QED) is 0.942. The van der Waals surface area contributed by atoms with Crippen LogP contribution in [0.4, 0.5) is 5.82 Å². The van der Waals surface area contributed by atoms with Gasteiger partial charge in [0.1, 0.15) is 12.1 Å². The first-order chi connectivity index (χ1) is 10.9. The molecule has 0 aliphatic carbocycles. The van der Waals surface area contributed by atoms with Gasteiger partial charge in [0.05, 0.1) is 0 Å². The van der Waals surface area contributed by atoms with Gasteiger partial charge in [-0.15, -0.1) is 0 Å². The van der Waals surface area contributed by atoms with Crippen LogP contribution >= 0.6 is 0 Å². The Balaban J connectivity index is 1.69. The summed E-state index contributed by atoms with van der Waals surface area (Å²) in [7, 11) is 0. The zero-order valence-corrected chi connectivity index (χ0v) is 13.0. The molecule has 1 atom stereocenters. The summed E-state index contributed by atoms with van der Waals surface area (Å²) in [6, 6.07) is 13.0. The third-order valence-electron chi connectivity index (χ3n) is 4.43. The summed E-state index contributed by atoms with van der Waals surface area (Å²) in [5, 5.41) is 0. The molecule has 0 spiro atoms. The van der Waals surface area contributed by atoms with Crippen molar-refractivity contribution >= 4 is 5.82 Å². The lowest BCUT2D eigenvalue weighted by atomic mass is 9.92. The molecule has 2 aromatic rings. The number of anilines is 1. The lowest BCUT2D eigenvalue weighted by Crippen LogP contribution is -2.25. The van der Waals surface area contributed by atoms with Gasteiger partial charge in [-0.1, -0.05) is 30.3 Å². The fourth-order valence-corrected chi connectivity index (χ4v) is 3.23. The van der Waals surface area contributed by atoms with Crippen LogP contribution in [0, 0.1) is 0 Å². The van der Waals surface area contributed by atoms with Crippen LogP contribution in [0.15, 0.2) is 42.7 Å². The van der Waals surface area contributed by atoms with Crippen molar-refractivity contribution in [1.29, 1.82) is 0 Å². The summed E-state index contributed by atoms with van der Waals surface area (Å²) in [6.07, 6.45) is 6.12. The van der Waals surface area contributed by atoms with Crippen LogP contribution in [0.25, 0.3) is 0 Å². The Morgan fingerprint density at radius 3 is 2.77 bits per heavy atom. The van der Waals surface area contributed by atoms with E-state index in [1.54, 1.807) is 6.33 Å². The monoisotopic (exact) mass is 296 g/mol. The molecule has 1 aliphatic heterocycles. The normalized spacial score (nSPS) is 19.0. The van der Waals surface area contributed by atoms with Crippen molar-refractivity contribution in [3.05, 3.63) is 54.0 Å². The number of nitrogens with two attached hydrogens (primary N) is 1. The van der Waals surface area contributed by atoms with Crippen molar-refractivity contribution in [2.24, 2.45) is 5.73 Å². The molecule has 2 N–H and O–H groups in total. The molecular weight excluding hydrogens is 272 g/mol. The van der Waals surface area contributed by atoms with Crippen LogP contribution in [-0.4, -0.2) is 29.6 Å². The van der Waals surface area contributed by atoms with Gasteiger partial charge < -0.3 is 10.6 Å². The lowest BCUT2D eigenvalue weighted by Gasteiger charge is -2.22. The van der Waals surface area contributed by atoms with Gasteiger partial charge >= 0.3 is 0 Å². The van der Waals surface area contributed by atoms with Crippen molar-refractivity contribution in [1.82, 2.24) is 9.97 Å². The summed E-state index contributed by atoms with van der Waals surface area (Å²) >= 11 is 0. The SMILES string of the molecule is NCCc1cc(N2CCCC(c3ccccc3)CC2)ncn1. The highest BCUT2D eigenvalue weighted by Crippen LogP contribution is 2.29. The molecule has 4 heteroatoms. The summed E-state index contributed by atoms with van der Waals surface area (Å²) in [5.41, 5.74) is 8.13. The maximum atomic E-state index is 5.62. The fourth-order valence-electron chi connectivity index (χ4n) is 3.23. The predicted octanol–water partition coefficient (Wildman–Crippen LogP) is 2.75. The highest BCUT2D eigenvalue weighted by atomic mass is 15.2. The molecule has 0 radical (unpaired) electrons. The zero-order valence-electron chi connectivity index (χ0n) is 13.0. The average molecular weight is 296 g/mol. The molecule has 0 bridgehead atoms. The second-order valence-corrected chi connectivity index (χ2v) is 5.93. The minimum absolute atomic E-state index is 0.631. The van der Waals surface area contributed by atoms with E-state index >= 15 is 0 Å². The first kappa shape index (κ1) is 15.0. The molecule has 0 amide bonds. The first-order valence-electron chi connectivity index (χ1n) is 8.17. The van der Waals surface area contributed by atoms with Crippen LogP contribution < -0.4 is 10.6 Å². The minimum Gasteiger partial charge on any atom is -0.356 e. The van der Waals surface area contributed by atoms with Gasteiger partial charge in [0.2, 0.25) is 0 Å². The number of nitrogens with zero attached hydrogens (tertiary/aromatic N) is 3. The molecule has 22 heavy (non-hydrogen) atoms. The maximum absolute atomic E-state index is 5.62. The average Bonchev–Trinajstić information content (AvgIpc) is 2.82. The Morgan fingerprint density at radius 1 is 1.09 bits per heavy atom. The number of rotatable bonds is 4. The van der Waals surface area contributed by atoms with E-state index in [-0.39, 0.29) is 0 Å². The second-order valence-electron chi connectivity index (χ2n) is 5.93. The molecule has 1 saturated heterocycles. The summed E-state index contributed by atoms with van der Waals surface area (Å²) in [6.45, 7) is 2.76. The van der Waals surface area contributed by atoms with E-state index in [1.165, 1.54) is 24.8 Å². The van der Waals surface area contributed by atoms with Gasteiger partial charge in [0.15, 0.2) is 0 Å². The summed E-state index contributed by atoms with van der Waals surface area (Å²) in [4.78, 5) is 11.1.